The van der Waals surface area contributed by atoms with Crippen molar-refractivity contribution >= 4 is 33.1 Å². The van der Waals surface area contributed by atoms with Crippen LogP contribution in [0.3, 0.4) is 0 Å². The first-order chi connectivity index (χ1) is 6.75. The van der Waals surface area contributed by atoms with Crippen LogP contribution in [0.5, 0.6) is 0 Å². The normalized spacial score (nSPS) is 10.3. The van der Waals surface area contributed by atoms with Gasteiger partial charge in [-0.1, -0.05) is 0 Å². The molecule has 0 atom stereocenters. The summed E-state index contributed by atoms with van der Waals surface area (Å²) >= 11 is 1.57. The standard InChI is InChI=1S/C9H9N3OS/c10-9(13)4-11-6-1-2-7-8(3-6)14-5-12-7/h1-3,5,11H,4H2,(H2,10,13). The Morgan fingerprint density at radius 1 is 1.57 bits per heavy atom. The van der Waals surface area contributed by atoms with Crippen molar-refractivity contribution in [3.05, 3.63) is 23.7 Å². The number of anilines is 1. The Morgan fingerprint density at radius 3 is 3.21 bits per heavy atom. The van der Waals surface area contributed by atoms with Crippen LogP contribution in [0.1, 0.15) is 0 Å². The van der Waals surface area contributed by atoms with Crippen molar-refractivity contribution in [2.24, 2.45) is 5.73 Å². The highest BCUT2D eigenvalue weighted by Gasteiger charge is 1.99. The summed E-state index contributed by atoms with van der Waals surface area (Å²) < 4.78 is 1.10. The monoisotopic (exact) mass is 207 g/mol. The molecule has 0 unspecified atom stereocenters. The molecular weight excluding hydrogens is 198 g/mol. The molecule has 0 aliphatic heterocycles. The zero-order chi connectivity index (χ0) is 9.97. The molecule has 5 heteroatoms. The summed E-state index contributed by atoms with van der Waals surface area (Å²) in [6.45, 7) is 0.157. The van der Waals surface area contributed by atoms with Gasteiger partial charge >= 0.3 is 0 Å². The van der Waals surface area contributed by atoms with Crippen molar-refractivity contribution in [3.8, 4) is 0 Å². The molecule has 0 saturated carbocycles. The largest absolute Gasteiger partial charge is 0.376 e. The number of benzene rings is 1. The third kappa shape index (κ3) is 1.82. The van der Waals surface area contributed by atoms with E-state index >= 15 is 0 Å². The Bertz CT molecular complexity index is 466. The quantitative estimate of drug-likeness (QED) is 0.794. The van der Waals surface area contributed by atoms with Gasteiger partial charge in [-0.05, 0) is 18.2 Å². The van der Waals surface area contributed by atoms with Crippen molar-refractivity contribution < 1.29 is 4.79 Å². The van der Waals surface area contributed by atoms with Gasteiger partial charge in [-0.25, -0.2) is 4.98 Å². The van der Waals surface area contributed by atoms with E-state index in [9.17, 15) is 4.79 Å². The minimum absolute atomic E-state index is 0.157. The maximum Gasteiger partial charge on any atom is 0.236 e. The van der Waals surface area contributed by atoms with Gasteiger partial charge in [0.2, 0.25) is 5.91 Å². The number of amides is 1. The van der Waals surface area contributed by atoms with Gasteiger partial charge in [0, 0.05) is 5.69 Å². The smallest absolute Gasteiger partial charge is 0.236 e. The predicted molar refractivity (Wildman–Crippen MR) is 57.3 cm³/mol. The van der Waals surface area contributed by atoms with Crippen LogP contribution in [0.15, 0.2) is 23.7 Å². The van der Waals surface area contributed by atoms with Crippen LogP contribution in [0.4, 0.5) is 5.69 Å². The van der Waals surface area contributed by atoms with E-state index < -0.39 is 0 Å². The van der Waals surface area contributed by atoms with E-state index in [-0.39, 0.29) is 12.5 Å². The molecule has 1 aromatic carbocycles. The molecule has 1 heterocycles. The molecule has 0 aliphatic carbocycles. The molecule has 0 spiro atoms. The van der Waals surface area contributed by atoms with Gasteiger partial charge in [0.1, 0.15) is 0 Å². The van der Waals surface area contributed by atoms with Crippen molar-refractivity contribution in [2.45, 2.75) is 0 Å². The summed E-state index contributed by atoms with van der Waals surface area (Å²) in [5.74, 6) is -0.366. The zero-order valence-corrected chi connectivity index (χ0v) is 8.17. The van der Waals surface area contributed by atoms with Crippen LogP contribution in [-0.4, -0.2) is 17.4 Å². The number of nitrogens with two attached hydrogens (primary N) is 1. The van der Waals surface area contributed by atoms with Crippen LogP contribution >= 0.6 is 11.3 Å². The number of thiazole rings is 1. The molecular formula is C9H9N3OS. The number of nitrogens with zero attached hydrogens (tertiary/aromatic N) is 1. The lowest BCUT2D eigenvalue weighted by Gasteiger charge is -2.02. The zero-order valence-electron chi connectivity index (χ0n) is 7.36. The van der Waals surface area contributed by atoms with Gasteiger partial charge in [-0.15, -0.1) is 11.3 Å². The molecule has 0 radical (unpaired) electrons. The number of hydrogen-bond acceptors (Lipinski definition) is 4. The lowest BCUT2D eigenvalue weighted by Crippen LogP contribution is -2.21. The number of primary amides is 1. The van der Waals surface area contributed by atoms with E-state index in [2.05, 4.69) is 10.3 Å². The molecule has 3 N–H and O–H groups in total. The summed E-state index contributed by atoms with van der Waals surface area (Å²) in [6, 6.07) is 5.75. The fourth-order valence-electron chi connectivity index (χ4n) is 1.15. The Kier molecular flexibility index (Phi) is 2.32. The van der Waals surface area contributed by atoms with E-state index in [1.54, 1.807) is 16.8 Å². The highest BCUT2D eigenvalue weighted by atomic mass is 32.1. The van der Waals surface area contributed by atoms with Crippen LogP contribution in [0.25, 0.3) is 10.2 Å². The third-order valence-corrected chi connectivity index (χ3v) is 2.59. The lowest BCUT2D eigenvalue weighted by atomic mass is 10.3. The average molecular weight is 207 g/mol. The third-order valence-electron chi connectivity index (χ3n) is 1.80. The maximum atomic E-state index is 10.5. The van der Waals surface area contributed by atoms with Crippen LogP contribution < -0.4 is 11.1 Å². The molecule has 14 heavy (non-hydrogen) atoms. The Labute approximate surface area is 84.8 Å². The Morgan fingerprint density at radius 2 is 2.43 bits per heavy atom. The van der Waals surface area contributed by atoms with E-state index in [0.29, 0.717) is 0 Å². The summed E-state index contributed by atoms with van der Waals surface area (Å²) in [7, 11) is 0. The molecule has 72 valence electrons. The number of hydrogen-bond donors (Lipinski definition) is 2. The van der Waals surface area contributed by atoms with E-state index in [4.69, 9.17) is 5.73 Å². The van der Waals surface area contributed by atoms with Gasteiger partial charge < -0.3 is 11.1 Å². The first-order valence-corrected chi connectivity index (χ1v) is 4.99. The Hall–Kier alpha value is -1.62. The first-order valence-electron chi connectivity index (χ1n) is 4.11. The van der Waals surface area contributed by atoms with E-state index in [1.807, 2.05) is 18.2 Å². The predicted octanol–water partition coefficient (Wildman–Crippen LogP) is 1.19. The SMILES string of the molecule is NC(=O)CNc1ccc2ncsc2c1. The molecule has 1 amide bonds. The summed E-state index contributed by atoms with van der Waals surface area (Å²) in [4.78, 5) is 14.7. The van der Waals surface area contributed by atoms with Crippen LogP contribution in [0, 0.1) is 0 Å². The first kappa shape index (κ1) is 8.96. The highest BCUT2D eigenvalue weighted by molar-refractivity contribution is 7.16. The van der Waals surface area contributed by atoms with Crippen molar-refractivity contribution in [1.29, 1.82) is 0 Å². The average Bonchev–Trinajstić information content (AvgIpc) is 2.61. The molecule has 4 nitrogen and oxygen atoms in total. The van der Waals surface area contributed by atoms with Crippen molar-refractivity contribution in [2.75, 3.05) is 11.9 Å². The van der Waals surface area contributed by atoms with E-state index in [1.165, 1.54) is 0 Å². The number of nitrogens with one attached hydrogen (secondary N) is 1. The van der Waals surface area contributed by atoms with Gasteiger partial charge in [0.25, 0.3) is 0 Å². The van der Waals surface area contributed by atoms with E-state index in [0.717, 1.165) is 15.9 Å². The molecule has 0 aliphatic rings. The number of aromatic nitrogens is 1. The molecule has 0 fully saturated rings. The Balaban J connectivity index is 2.21. The number of carbonyl (C=O) groups is 1. The summed E-state index contributed by atoms with van der Waals surface area (Å²) in [6.07, 6.45) is 0. The van der Waals surface area contributed by atoms with Gasteiger partial charge in [0.15, 0.2) is 0 Å². The van der Waals surface area contributed by atoms with Gasteiger partial charge in [-0.3, -0.25) is 4.79 Å². The minimum atomic E-state index is -0.366. The fraction of sp³-hybridized carbons (Fsp3) is 0.111. The molecule has 0 bridgehead atoms. The summed E-state index contributed by atoms with van der Waals surface area (Å²) in [5.41, 5.74) is 8.68. The summed E-state index contributed by atoms with van der Waals surface area (Å²) in [5, 5.41) is 2.93. The lowest BCUT2D eigenvalue weighted by molar-refractivity contribution is -0.116. The minimum Gasteiger partial charge on any atom is -0.376 e. The molecule has 0 saturated heterocycles. The molecule has 2 rings (SSSR count). The fourth-order valence-corrected chi connectivity index (χ4v) is 1.87. The van der Waals surface area contributed by atoms with Crippen molar-refractivity contribution in [3.63, 3.8) is 0 Å². The number of fused-ring (bicyclic) bond motifs is 1. The van der Waals surface area contributed by atoms with Crippen LogP contribution in [-0.2, 0) is 4.79 Å². The second-order valence-corrected chi connectivity index (χ2v) is 3.74. The molecule has 1 aromatic heterocycles. The van der Waals surface area contributed by atoms with Crippen LogP contribution in [0.2, 0.25) is 0 Å². The number of carbonyl (C=O) groups excluding carboxylic acids is 1. The maximum absolute atomic E-state index is 10.5. The number of rotatable bonds is 3. The second kappa shape index (κ2) is 3.63. The van der Waals surface area contributed by atoms with Gasteiger partial charge in [-0.2, -0.15) is 0 Å². The second-order valence-electron chi connectivity index (χ2n) is 2.85. The molecule has 2 aromatic rings. The van der Waals surface area contributed by atoms with Crippen molar-refractivity contribution in [1.82, 2.24) is 4.98 Å². The van der Waals surface area contributed by atoms with Gasteiger partial charge in [0.05, 0.1) is 22.3 Å². The highest BCUT2D eigenvalue weighted by Crippen LogP contribution is 2.21. The topological polar surface area (TPSA) is 68.0 Å².